The Kier molecular flexibility index (Phi) is 2.55. The zero-order valence-electron chi connectivity index (χ0n) is 6.30. The number of hydrogen-bond donors (Lipinski definition) is 0. The summed E-state index contributed by atoms with van der Waals surface area (Å²) >= 11 is 5.80. The van der Waals surface area contributed by atoms with Gasteiger partial charge in [0.2, 0.25) is 0 Å². The Balaban J connectivity index is 2.86. The van der Waals surface area contributed by atoms with Crippen LogP contribution in [0.15, 0.2) is 36.6 Å². The molecule has 0 aliphatic rings. The van der Waals surface area contributed by atoms with E-state index in [4.69, 9.17) is 16.3 Å². The first-order valence-electron chi connectivity index (χ1n) is 3.28. The van der Waals surface area contributed by atoms with E-state index in [0.717, 1.165) is 0 Å². The fraction of sp³-hybridized carbons (Fsp3) is 0.111. The number of rotatable bonds is 2. The van der Waals surface area contributed by atoms with Crippen LogP contribution in [0.25, 0.3) is 0 Å². The molecule has 11 heavy (non-hydrogen) atoms. The van der Waals surface area contributed by atoms with E-state index in [9.17, 15) is 0 Å². The highest BCUT2D eigenvalue weighted by atomic mass is 35.5. The third kappa shape index (κ3) is 2.28. The minimum absolute atomic E-state index is 0.607. The number of halogens is 1. The van der Waals surface area contributed by atoms with Crippen LogP contribution in [0.4, 0.5) is 0 Å². The minimum atomic E-state index is 0.607. The van der Waals surface area contributed by atoms with E-state index in [-0.39, 0.29) is 0 Å². The van der Waals surface area contributed by atoms with Crippen molar-refractivity contribution in [3.05, 3.63) is 41.6 Å². The maximum absolute atomic E-state index is 5.80. The quantitative estimate of drug-likeness (QED) is 0.616. The van der Waals surface area contributed by atoms with Crippen molar-refractivity contribution in [2.45, 2.75) is 6.92 Å². The topological polar surface area (TPSA) is 9.23 Å². The molecule has 1 nitrogen and oxygen atoms in total. The summed E-state index contributed by atoms with van der Waals surface area (Å²) in [6.07, 6.45) is 0. The highest BCUT2D eigenvalue weighted by Crippen LogP contribution is 2.24. The molecule has 0 aromatic heterocycles. The second-order valence-electron chi connectivity index (χ2n) is 2.23. The van der Waals surface area contributed by atoms with Gasteiger partial charge in [0.05, 0.1) is 10.8 Å². The lowest BCUT2D eigenvalue weighted by molar-refractivity contribution is 0.431. The van der Waals surface area contributed by atoms with Gasteiger partial charge in [-0.1, -0.05) is 30.3 Å². The number of para-hydroxylation sites is 1. The molecule has 0 atom stereocenters. The molecule has 1 aromatic carbocycles. The van der Waals surface area contributed by atoms with Crippen LogP contribution in [0, 0.1) is 0 Å². The number of benzene rings is 1. The van der Waals surface area contributed by atoms with Gasteiger partial charge < -0.3 is 4.74 Å². The first-order valence-corrected chi connectivity index (χ1v) is 3.66. The van der Waals surface area contributed by atoms with E-state index in [2.05, 4.69) is 6.58 Å². The van der Waals surface area contributed by atoms with Gasteiger partial charge in [0.1, 0.15) is 5.75 Å². The molecule has 58 valence electrons. The zero-order chi connectivity index (χ0) is 8.27. The minimum Gasteiger partial charge on any atom is -0.461 e. The van der Waals surface area contributed by atoms with E-state index in [1.165, 1.54) is 0 Å². The van der Waals surface area contributed by atoms with Crippen LogP contribution in [-0.4, -0.2) is 0 Å². The van der Waals surface area contributed by atoms with Gasteiger partial charge in [-0.05, 0) is 19.1 Å². The van der Waals surface area contributed by atoms with Crippen LogP contribution in [0.3, 0.4) is 0 Å². The summed E-state index contributed by atoms with van der Waals surface area (Å²) in [6, 6.07) is 7.30. The largest absolute Gasteiger partial charge is 0.461 e. The van der Waals surface area contributed by atoms with Crippen LogP contribution in [0.2, 0.25) is 5.02 Å². The number of ether oxygens (including phenoxy) is 1. The van der Waals surface area contributed by atoms with Crippen molar-refractivity contribution in [1.29, 1.82) is 0 Å². The Hall–Kier alpha value is -0.950. The molecule has 0 aliphatic heterocycles. The van der Waals surface area contributed by atoms with Gasteiger partial charge in [0, 0.05) is 0 Å². The van der Waals surface area contributed by atoms with Crippen LogP contribution >= 0.6 is 11.6 Å². The van der Waals surface area contributed by atoms with Gasteiger partial charge in [-0.15, -0.1) is 0 Å². The third-order valence-electron chi connectivity index (χ3n) is 1.12. The molecule has 0 bridgehead atoms. The Labute approximate surface area is 71.3 Å². The van der Waals surface area contributed by atoms with Crippen molar-refractivity contribution >= 4 is 11.6 Å². The lowest BCUT2D eigenvalue weighted by Crippen LogP contribution is -1.88. The maximum Gasteiger partial charge on any atom is 0.145 e. The van der Waals surface area contributed by atoms with E-state index >= 15 is 0 Å². The van der Waals surface area contributed by atoms with Crippen molar-refractivity contribution in [3.8, 4) is 5.75 Å². The van der Waals surface area contributed by atoms with E-state index < -0.39 is 0 Å². The summed E-state index contributed by atoms with van der Waals surface area (Å²) < 4.78 is 5.22. The second kappa shape index (κ2) is 3.44. The van der Waals surface area contributed by atoms with E-state index in [1.807, 2.05) is 12.1 Å². The molecule has 0 amide bonds. The average molecular weight is 169 g/mol. The molecular weight excluding hydrogens is 160 g/mol. The first kappa shape index (κ1) is 8.15. The van der Waals surface area contributed by atoms with Gasteiger partial charge in [-0.25, -0.2) is 0 Å². The first-order chi connectivity index (χ1) is 5.20. The molecule has 0 spiro atoms. The van der Waals surface area contributed by atoms with Crippen LogP contribution in [-0.2, 0) is 0 Å². The van der Waals surface area contributed by atoms with Crippen LogP contribution in [0.5, 0.6) is 5.75 Å². The van der Waals surface area contributed by atoms with Crippen molar-refractivity contribution < 1.29 is 4.74 Å². The molecule has 1 rings (SSSR count). The fourth-order valence-corrected chi connectivity index (χ4v) is 0.890. The van der Waals surface area contributed by atoms with Crippen LogP contribution < -0.4 is 4.74 Å². The molecule has 0 heterocycles. The maximum atomic E-state index is 5.80. The van der Waals surface area contributed by atoms with Gasteiger partial charge in [0.25, 0.3) is 0 Å². The molecule has 0 saturated heterocycles. The molecule has 0 saturated carbocycles. The van der Waals surface area contributed by atoms with E-state index in [1.54, 1.807) is 19.1 Å². The molecule has 1 aromatic rings. The van der Waals surface area contributed by atoms with Crippen molar-refractivity contribution in [3.63, 3.8) is 0 Å². The normalized spacial score (nSPS) is 9.27. The lowest BCUT2D eigenvalue weighted by Gasteiger charge is -2.04. The summed E-state index contributed by atoms with van der Waals surface area (Å²) in [6.45, 7) is 5.39. The molecule has 0 aliphatic carbocycles. The predicted molar refractivity (Wildman–Crippen MR) is 46.9 cm³/mol. The standard InChI is InChI=1S/C9H9ClO/c1-7(2)11-9-6-4-3-5-8(9)10/h3-6H,1H2,2H3. The molecule has 0 fully saturated rings. The molecule has 0 unspecified atom stereocenters. The smallest absolute Gasteiger partial charge is 0.145 e. The van der Waals surface area contributed by atoms with Gasteiger partial charge in [-0.2, -0.15) is 0 Å². The van der Waals surface area contributed by atoms with Crippen LogP contribution in [0.1, 0.15) is 6.92 Å². The molecule has 0 radical (unpaired) electrons. The van der Waals surface area contributed by atoms with Crippen molar-refractivity contribution in [1.82, 2.24) is 0 Å². The second-order valence-corrected chi connectivity index (χ2v) is 2.64. The average Bonchev–Trinajstić information content (AvgIpc) is 1.93. The molecule has 2 heteroatoms. The summed E-state index contributed by atoms with van der Waals surface area (Å²) in [5.41, 5.74) is 0. The third-order valence-corrected chi connectivity index (χ3v) is 1.43. The van der Waals surface area contributed by atoms with Gasteiger partial charge in [-0.3, -0.25) is 0 Å². The molecule has 0 N–H and O–H groups in total. The Bertz CT molecular complexity index is 268. The summed E-state index contributed by atoms with van der Waals surface area (Å²) in [5, 5.41) is 0.607. The van der Waals surface area contributed by atoms with Crippen molar-refractivity contribution in [2.75, 3.05) is 0 Å². The lowest BCUT2D eigenvalue weighted by atomic mass is 10.3. The Morgan fingerprint density at radius 2 is 2.09 bits per heavy atom. The summed E-state index contributed by atoms with van der Waals surface area (Å²) in [7, 11) is 0. The van der Waals surface area contributed by atoms with Crippen molar-refractivity contribution in [2.24, 2.45) is 0 Å². The zero-order valence-corrected chi connectivity index (χ0v) is 7.06. The predicted octanol–water partition coefficient (Wildman–Crippen LogP) is 3.25. The highest BCUT2D eigenvalue weighted by molar-refractivity contribution is 6.32. The van der Waals surface area contributed by atoms with E-state index in [0.29, 0.717) is 16.5 Å². The summed E-state index contributed by atoms with van der Waals surface area (Å²) in [5.74, 6) is 1.29. The van der Waals surface area contributed by atoms with Gasteiger partial charge in [0.15, 0.2) is 0 Å². The Morgan fingerprint density at radius 1 is 1.45 bits per heavy atom. The number of allylic oxidation sites excluding steroid dienone is 1. The summed E-state index contributed by atoms with van der Waals surface area (Å²) in [4.78, 5) is 0. The number of hydrogen-bond acceptors (Lipinski definition) is 1. The van der Waals surface area contributed by atoms with Gasteiger partial charge >= 0.3 is 0 Å². The fourth-order valence-electron chi connectivity index (χ4n) is 0.715. The molecular formula is C9H9ClO. The monoisotopic (exact) mass is 168 g/mol. The highest BCUT2D eigenvalue weighted by Gasteiger charge is 1.97. The SMILES string of the molecule is C=C(C)Oc1ccccc1Cl. The Morgan fingerprint density at radius 3 is 2.64 bits per heavy atom.